The number of ether oxygens (including phenoxy) is 1. The highest BCUT2D eigenvalue weighted by Gasteiger charge is 2.40. The van der Waals surface area contributed by atoms with Crippen LogP contribution in [-0.2, 0) is 11.0 Å². The number of rotatable bonds is 3. The molecule has 0 saturated carbocycles. The van der Waals surface area contributed by atoms with Crippen molar-refractivity contribution in [2.45, 2.75) is 58.0 Å². The molecule has 1 aromatic rings. The van der Waals surface area contributed by atoms with E-state index in [1.165, 1.54) is 0 Å². The van der Waals surface area contributed by atoms with Gasteiger partial charge in [0.05, 0.1) is 19.3 Å². The monoisotopic (exact) mass is 294 g/mol. The number of benzene rings is 1. The van der Waals surface area contributed by atoms with Gasteiger partial charge in [0.1, 0.15) is 5.75 Å². The molecule has 0 bridgehead atoms. The second-order valence-electron chi connectivity index (χ2n) is 7.03. The Balaban J connectivity index is 2.25. The predicted octanol–water partition coefficient (Wildman–Crippen LogP) is 4.02. The molecule has 0 amide bonds. The molecule has 0 spiro atoms. The third-order valence-corrected chi connectivity index (χ3v) is 8.97. The van der Waals surface area contributed by atoms with Gasteiger partial charge < -0.3 is 14.3 Å². The first-order valence-electron chi connectivity index (χ1n) is 7.29. The molecular weight excluding hydrogens is 268 g/mol. The summed E-state index contributed by atoms with van der Waals surface area (Å²) in [5, 5.41) is 9.42. The lowest BCUT2D eigenvalue weighted by Gasteiger charge is -2.40. The van der Waals surface area contributed by atoms with Crippen molar-refractivity contribution in [2.75, 3.05) is 6.61 Å². The minimum atomic E-state index is -1.79. The maximum Gasteiger partial charge on any atom is 0.192 e. The number of hydrogen-bond donors (Lipinski definition) is 1. The molecule has 1 N–H and O–H groups in total. The molecule has 1 atom stereocenters. The van der Waals surface area contributed by atoms with Gasteiger partial charge in [-0.2, -0.15) is 0 Å². The second kappa shape index (κ2) is 5.51. The van der Waals surface area contributed by atoms with Crippen LogP contribution < -0.4 is 4.74 Å². The molecular formula is C16H26O3Si. The smallest absolute Gasteiger partial charge is 0.192 e. The van der Waals surface area contributed by atoms with E-state index in [1.54, 1.807) is 0 Å². The standard InChI is InChI=1S/C16H26O3Si/c1-16(2,3)20(4,5)19-14-8-9-18-15-10-12(11-17)6-7-13(14)15/h6-7,10,14,17H,8-9,11H2,1-5H3/t14-/m0/s1. The van der Waals surface area contributed by atoms with E-state index in [1.807, 2.05) is 18.2 Å². The van der Waals surface area contributed by atoms with Gasteiger partial charge in [0, 0.05) is 12.0 Å². The Morgan fingerprint density at radius 1 is 1.35 bits per heavy atom. The lowest BCUT2D eigenvalue weighted by molar-refractivity contribution is 0.122. The Labute approximate surface area is 123 Å². The van der Waals surface area contributed by atoms with Gasteiger partial charge in [-0.15, -0.1) is 0 Å². The van der Waals surface area contributed by atoms with E-state index in [0.717, 1.165) is 23.3 Å². The van der Waals surface area contributed by atoms with Gasteiger partial charge in [0.15, 0.2) is 8.32 Å². The first-order chi connectivity index (χ1) is 9.24. The maximum atomic E-state index is 9.22. The van der Waals surface area contributed by atoms with Crippen molar-refractivity contribution in [3.63, 3.8) is 0 Å². The zero-order chi connectivity index (χ0) is 15.0. The minimum Gasteiger partial charge on any atom is -0.493 e. The average Bonchev–Trinajstić information content (AvgIpc) is 2.36. The number of fused-ring (bicyclic) bond motifs is 1. The van der Waals surface area contributed by atoms with Crippen LogP contribution in [0.2, 0.25) is 18.1 Å². The molecule has 1 aliphatic heterocycles. The average molecular weight is 294 g/mol. The van der Waals surface area contributed by atoms with Gasteiger partial charge in [-0.25, -0.2) is 0 Å². The summed E-state index contributed by atoms with van der Waals surface area (Å²) < 4.78 is 12.3. The third-order valence-electron chi connectivity index (χ3n) is 4.49. The van der Waals surface area contributed by atoms with E-state index in [2.05, 4.69) is 33.9 Å². The molecule has 1 heterocycles. The number of hydrogen-bond acceptors (Lipinski definition) is 3. The van der Waals surface area contributed by atoms with Crippen molar-refractivity contribution in [3.8, 4) is 5.75 Å². The first-order valence-corrected chi connectivity index (χ1v) is 10.2. The van der Waals surface area contributed by atoms with Crippen LogP contribution in [0, 0.1) is 0 Å². The number of aliphatic hydroxyl groups is 1. The molecule has 0 unspecified atom stereocenters. The summed E-state index contributed by atoms with van der Waals surface area (Å²) >= 11 is 0. The summed E-state index contributed by atoms with van der Waals surface area (Å²) in [6, 6.07) is 5.92. The molecule has 20 heavy (non-hydrogen) atoms. The topological polar surface area (TPSA) is 38.7 Å². The third kappa shape index (κ3) is 3.08. The fourth-order valence-electron chi connectivity index (χ4n) is 2.15. The van der Waals surface area contributed by atoms with E-state index >= 15 is 0 Å². The van der Waals surface area contributed by atoms with Gasteiger partial charge in [-0.1, -0.05) is 32.9 Å². The Morgan fingerprint density at radius 3 is 2.65 bits per heavy atom. The van der Waals surface area contributed by atoms with Crippen LogP contribution in [-0.4, -0.2) is 20.0 Å². The highest BCUT2D eigenvalue weighted by Crippen LogP contribution is 2.43. The van der Waals surface area contributed by atoms with E-state index < -0.39 is 8.32 Å². The zero-order valence-corrected chi connectivity index (χ0v) is 14.2. The van der Waals surface area contributed by atoms with Crippen LogP contribution in [0.1, 0.15) is 44.4 Å². The molecule has 4 heteroatoms. The van der Waals surface area contributed by atoms with Gasteiger partial charge in [-0.3, -0.25) is 0 Å². The Kier molecular flexibility index (Phi) is 4.28. The Bertz CT molecular complexity index is 477. The van der Waals surface area contributed by atoms with Crippen molar-refractivity contribution < 1.29 is 14.3 Å². The number of aliphatic hydroxyl groups excluding tert-OH is 1. The van der Waals surface area contributed by atoms with Crippen LogP contribution >= 0.6 is 0 Å². The Hall–Kier alpha value is -0.843. The molecule has 0 aliphatic carbocycles. The van der Waals surface area contributed by atoms with Crippen molar-refractivity contribution in [1.82, 2.24) is 0 Å². The highest BCUT2D eigenvalue weighted by atomic mass is 28.4. The summed E-state index contributed by atoms with van der Waals surface area (Å²) in [6.45, 7) is 12.1. The van der Waals surface area contributed by atoms with Gasteiger partial charge >= 0.3 is 0 Å². The molecule has 0 aromatic heterocycles. The fourth-order valence-corrected chi connectivity index (χ4v) is 3.46. The molecule has 0 saturated heterocycles. The van der Waals surface area contributed by atoms with Crippen molar-refractivity contribution in [3.05, 3.63) is 29.3 Å². The Morgan fingerprint density at radius 2 is 2.05 bits per heavy atom. The largest absolute Gasteiger partial charge is 0.493 e. The molecule has 112 valence electrons. The SMILES string of the molecule is CC(C)(C)[Si](C)(C)O[C@H]1CCOc2cc(CO)ccc21. The lowest BCUT2D eigenvalue weighted by atomic mass is 10.0. The summed E-state index contributed by atoms with van der Waals surface area (Å²) in [6.07, 6.45) is 1.02. The quantitative estimate of drug-likeness (QED) is 0.856. The van der Waals surface area contributed by atoms with Gasteiger partial charge in [0.25, 0.3) is 0 Å². The first kappa shape index (κ1) is 15.5. The minimum absolute atomic E-state index is 0.0460. The van der Waals surface area contributed by atoms with Crippen LogP contribution in [0.15, 0.2) is 18.2 Å². The van der Waals surface area contributed by atoms with E-state index in [0.29, 0.717) is 6.61 Å². The van der Waals surface area contributed by atoms with Gasteiger partial charge in [-0.05, 0) is 29.8 Å². The lowest BCUT2D eigenvalue weighted by Crippen LogP contribution is -2.42. The van der Waals surface area contributed by atoms with E-state index in [9.17, 15) is 5.11 Å². The molecule has 1 aliphatic rings. The van der Waals surface area contributed by atoms with Crippen LogP contribution in [0.3, 0.4) is 0 Å². The van der Waals surface area contributed by atoms with Crippen LogP contribution in [0.5, 0.6) is 5.75 Å². The molecule has 0 radical (unpaired) electrons. The van der Waals surface area contributed by atoms with Crippen molar-refractivity contribution in [1.29, 1.82) is 0 Å². The molecule has 1 aromatic carbocycles. The maximum absolute atomic E-state index is 9.22. The summed E-state index contributed by atoms with van der Waals surface area (Å²) in [5.74, 6) is 0.867. The summed E-state index contributed by atoms with van der Waals surface area (Å²) in [5.41, 5.74) is 2.01. The second-order valence-corrected chi connectivity index (χ2v) is 11.8. The predicted molar refractivity (Wildman–Crippen MR) is 83.5 cm³/mol. The van der Waals surface area contributed by atoms with Gasteiger partial charge in [0.2, 0.25) is 0 Å². The summed E-state index contributed by atoms with van der Waals surface area (Å²) in [4.78, 5) is 0. The molecule has 3 nitrogen and oxygen atoms in total. The zero-order valence-electron chi connectivity index (χ0n) is 13.2. The molecule has 2 rings (SSSR count). The van der Waals surface area contributed by atoms with Crippen molar-refractivity contribution in [2.24, 2.45) is 0 Å². The fraction of sp³-hybridized carbons (Fsp3) is 0.625. The van der Waals surface area contributed by atoms with Crippen molar-refractivity contribution >= 4 is 8.32 Å². The van der Waals surface area contributed by atoms with E-state index in [-0.39, 0.29) is 17.7 Å². The normalized spacial score (nSPS) is 19.4. The van der Waals surface area contributed by atoms with E-state index in [4.69, 9.17) is 9.16 Å². The van der Waals surface area contributed by atoms with Crippen LogP contribution in [0.4, 0.5) is 0 Å². The van der Waals surface area contributed by atoms with Crippen LogP contribution in [0.25, 0.3) is 0 Å². The molecule has 0 fully saturated rings. The highest BCUT2D eigenvalue weighted by molar-refractivity contribution is 6.74. The summed E-state index contributed by atoms with van der Waals surface area (Å²) in [7, 11) is -1.79.